The Bertz CT molecular complexity index is 1380. The number of hydrogen-bond donors (Lipinski definition) is 2. The monoisotopic (exact) mass is 567 g/mol. The molecule has 2 N–H and O–H groups in total. The van der Waals surface area contributed by atoms with E-state index in [1.54, 1.807) is 53.4 Å². The van der Waals surface area contributed by atoms with Crippen LogP contribution < -0.4 is 20.3 Å². The second kappa shape index (κ2) is 13.2. The molecule has 38 heavy (non-hydrogen) atoms. The Kier molecular flexibility index (Phi) is 9.49. The van der Waals surface area contributed by atoms with Crippen LogP contribution in [0.2, 0.25) is 15.1 Å². The van der Waals surface area contributed by atoms with Gasteiger partial charge in [-0.25, -0.2) is 4.79 Å². The third-order valence-corrected chi connectivity index (χ3v) is 6.29. The molecule has 194 valence electrons. The molecule has 9 heteroatoms. The molecule has 0 heterocycles. The molecule has 0 radical (unpaired) electrons. The van der Waals surface area contributed by atoms with Gasteiger partial charge in [-0.3, -0.25) is 9.69 Å². The smallest absolute Gasteiger partial charge is 0.326 e. The van der Waals surface area contributed by atoms with Gasteiger partial charge in [-0.1, -0.05) is 53.0 Å². The maximum atomic E-state index is 13.2. The van der Waals surface area contributed by atoms with E-state index in [-0.39, 0.29) is 17.0 Å². The number of halogens is 3. The maximum absolute atomic E-state index is 13.2. The van der Waals surface area contributed by atoms with E-state index < -0.39 is 0 Å². The molecule has 0 aliphatic carbocycles. The SMILES string of the molecule is O=C(NCCCN(C(=O)Nc1ccc(Cl)cc1)c1ccc(Oc2ccccc2)cc1)c1ccc(Cl)cc1Cl. The number of hydrogen-bond acceptors (Lipinski definition) is 3. The Balaban J connectivity index is 1.42. The molecule has 0 aliphatic heterocycles. The summed E-state index contributed by atoms with van der Waals surface area (Å²) in [6.07, 6.45) is 0.493. The molecule has 4 aromatic carbocycles. The summed E-state index contributed by atoms with van der Waals surface area (Å²) in [6.45, 7) is 0.671. The van der Waals surface area contributed by atoms with E-state index in [0.717, 1.165) is 0 Å². The summed E-state index contributed by atoms with van der Waals surface area (Å²) in [7, 11) is 0. The fraction of sp³-hybridized carbons (Fsp3) is 0.103. The lowest BCUT2D eigenvalue weighted by atomic mass is 10.2. The second-order valence-corrected chi connectivity index (χ2v) is 9.51. The van der Waals surface area contributed by atoms with E-state index in [1.807, 2.05) is 42.5 Å². The number of amides is 3. The molecule has 0 aromatic heterocycles. The summed E-state index contributed by atoms with van der Waals surface area (Å²) in [5.74, 6) is 1.05. The standard InChI is InChI=1S/C29H24Cl3N3O3/c30-20-7-10-22(11-8-20)34-29(37)35(18-4-17-33-28(36)26-16-9-21(31)19-27(26)32)23-12-14-25(15-13-23)38-24-5-2-1-3-6-24/h1-3,5-16,19H,4,17-18H2,(H,33,36)(H,34,37). The maximum Gasteiger partial charge on any atom is 0.326 e. The second-order valence-electron chi connectivity index (χ2n) is 8.23. The van der Waals surface area contributed by atoms with Crippen molar-refractivity contribution in [1.29, 1.82) is 0 Å². The lowest BCUT2D eigenvalue weighted by molar-refractivity contribution is 0.0953. The average molecular weight is 569 g/mol. The summed E-state index contributed by atoms with van der Waals surface area (Å²) in [4.78, 5) is 27.4. The van der Waals surface area contributed by atoms with Gasteiger partial charge in [-0.2, -0.15) is 0 Å². The highest BCUT2D eigenvalue weighted by atomic mass is 35.5. The van der Waals surface area contributed by atoms with Gasteiger partial charge >= 0.3 is 6.03 Å². The van der Waals surface area contributed by atoms with E-state index in [1.165, 1.54) is 6.07 Å². The van der Waals surface area contributed by atoms with Gasteiger partial charge in [0.05, 0.1) is 10.6 Å². The number of nitrogens with zero attached hydrogens (tertiary/aromatic N) is 1. The molecular weight excluding hydrogens is 545 g/mol. The zero-order valence-electron chi connectivity index (χ0n) is 20.2. The highest BCUT2D eigenvalue weighted by molar-refractivity contribution is 6.36. The number of rotatable bonds is 9. The quantitative estimate of drug-likeness (QED) is 0.200. The predicted molar refractivity (Wildman–Crippen MR) is 154 cm³/mol. The molecule has 3 amide bonds. The van der Waals surface area contributed by atoms with Gasteiger partial charge in [0.15, 0.2) is 0 Å². The Morgan fingerprint density at radius 1 is 0.763 bits per heavy atom. The van der Waals surface area contributed by atoms with Crippen LogP contribution in [0.25, 0.3) is 0 Å². The number of anilines is 2. The third-order valence-electron chi connectivity index (χ3n) is 5.49. The van der Waals surface area contributed by atoms with Crippen LogP contribution in [0.5, 0.6) is 11.5 Å². The lowest BCUT2D eigenvalue weighted by Crippen LogP contribution is -2.37. The van der Waals surface area contributed by atoms with E-state index in [0.29, 0.717) is 58.0 Å². The van der Waals surface area contributed by atoms with Crippen molar-refractivity contribution in [3.63, 3.8) is 0 Å². The number of carbonyl (C=O) groups excluding carboxylic acids is 2. The highest BCUT2D eigenvalue weighted by Crippen LogP contribution is 2.25. The van der Waals surface area contributed by atoms with Gasteiger partial charge in [-0.05, 0) is 85.3 Å². The van der Waals surface area contributed by atoms with Crippen molar-refractivity contribution in [2.45, 2.75) is 6.42 Å². The first-order valence-corrected chi connectivity index (χ1v) is 12.9. The highest BCUT2D eigenvalue weighted by Gasteiger charge is 2.17. The number of para-hydroxylation sites is 1. The van der Waals surface area contributed by atoms with Crippen LogP contribution in [0.4, 0.5) is 16.2 Å². The molecule has 0 saturated heterocycles. The van der Waals surface area contributed by atoms with Crippen LogP contribution in [0, 0.1) is 0 Å². The Labute approximate surface area is 236 Å². The van der Waals surface area contributed by atoms with Crippen LogP contribution in [0.1, 0.15) is 16.8 Å². The van der Waals surface area contributed by atoms with Gasteiger partial charge in [0.2, 0.25) is 0 Å². The zero-order chi connectivity index (χ0) is 26.9. The molecule has 0 fully saturated rings. The van der Waals surface area contributed by atoms with Gasteiger partial charge in [0.1, 0.15) is 11.5 Å². The predicted octanol–water partition coefficient (Wildman–Crippen LogP) is 8.30. The minimum Gasteiger partial charge on any atom is -0.457 e. The molecule has 0 aliphatic rings. The number of carbonyl (C=O) groups is 2. The van der Waals surface area contributed by atoms with Crippen LogP contribution in [0.15, 0.2) is 97.1 Å². The number of ether oxygens (including phenoxy) is 1. The zero-order valence-corrected chi connectivity index (χ0v) is 22.4. The Morgan fingerprint density at radius 2 is 1.42 bits per heavy atom. The van der Waals surface area contributed by atoms with Gasteiger partial charge in [-0.15, -0.1) is 0 Å². The first-order chi connectivity index (χ1) is 18.4. The molecule has 0 atom stereocenters. The largest absolute Gasteiger partial charge is 0.457 e. The topological polar surface area (TPSA) is 70.7 Å². The summed E-state index contributed by atoms with van der Waals surface area (Å²) >= 11 is 18.0. The normalized spacial score (nSPS) is 10.5. The molecule has 6 nitrogen and oxygen atoms in total. The van der Waals surface area contributed by atoms with E-state index in [9.17, 15) is 9.59 Å². The molecule has 0 saturated carbocycles. The van der Waals surface area contributed by atoms with Gasteiger partial charge in [0.25, 0.3) is 5.91 Å². The minimum atomic E-state index is -0.323. The summed E-state index contributed by atoms with van der Waals surface area (Å²) < 4.78 is 5.87. The van der Waals surface area contributed by atoms with E-state index in [4.69, 9.17) is 39.5 Å². The molecule has 0 unspecified atom stereocenters. The van der Waals surface area contributed by atoms with Gasteiger partial charge in [0, 0.05) is 34.5 Å². The fourth-order valence-corrected chi connectivity index (χ4v) is 4.22. The summed E-state index contributed by atoms with van der Waals surface area (Å²) in [5, 5.41) is 7.03. The first-order valence-electron chi connectivity index (χ1n) is 11.8. The van der Waals surface area contributed by atoms with Crippen molar-refractivity contribution in [3.8, 4) is 11.5 Å². The molecular formula is C29H24Cl3N3O3. The first kappa shape index (κ1) is 27.3. The fourth-order valence-electron chi connectivity index (χ4n) is 3.60. The lowest BCUT2D eigenvalue weighted by Gasteiger charge is -2.24. The number of nitrogens with one attached hydrogen (secondary N) is 2. The minimum absolute atomic E-state index is 0.275. The van der Waals surface area contributed by atoms with Crippen molar-refractivity contribution < 1.29 is 14.3 Å². The Morgan fingerprint density at radius 3 is 2.11 bits per heavy atom. The molecule has 0 bridgehead atoms. The van der Waals surface area contributed by atoms with Crippen molar-refractivity contribution in [1.82, 2.24) is 5.32 Å². The van der Waals surface area contributed by atoms with Crippen LogP contribution in [-0.4, -0.2) is 25.0 Å². The summed E-state index contributed by atoms with van der Waals surface area (Å²) in [5.41, 5.74) is 1.62. The molecule has 4 aromatic rings. The van der Waals surface area contributed by atoms with E-state index in [2.05, 4.69) is 10.6 Å². The van der Waals surface area contributed by atoms with Crippen molar-refractivity contribution in [3.05, 3.63) is 118 Å². The van der Waals surface area contributed by atoms with Crippen molar-refractivity contribution in [2.24, 2.45) is 0 Å². The van der Waals surface area contributed by atoms with Gasteiger partial charge < -0.3 is 15.4 Å². The number of urea groups is 1. The van der Waals surface area contributed by atoms with Crippen LogP contribution >= 0.6 is 34.8 Å². The van der Waals surface area contributed by atoms with E-state index >= 15 is 0 Å². The molecule has 0 spiro atoms. The Hall–Kier alpha value is -3.71. The average Bonchev–Trinajstić information content (AvgIpc) is 2.91. The molecule has 4 rings (SSSR count). The van der Waals surface area contributed by atoms with Crippen LogP contribution in [-0.2, 0) is 0 Å². The van der Waals surface area contributed by atoms with Crippen molar-refractivity contribution in [2.75, 3.05) is 23.3 Å². The summed E-state index contributed by atoms with van der Waals surface area (Å²) in [6, 6.07) is 27.9. The van der Waals surface area contributed by atoms with Crippen molar-refractivity contribution >= 4 is 58.1 Å². The number of benzene rings is 4. The van der Waals surface area contributed by atoms with Crippen LogP contribution in [0.3, 0.4) is 0 Å². The third kappa shape index (κ3) is 7.65.